The van der Waals surface area contributed by atoms with E-state index in [1.54, 1.807) is 6.20 Å². The number of hydrogen-bond acceptors (Lipinski definition) is 7. The molecule has 2 aliphatic rings. The van der Waals surface area contributed by atoms with Gasteiger partial charge in [-0.3, -0.25) is 9.50 Å². The Hall–Kier alpha value is -3.30. The second kappa shape index (κ2) is 7.68. The third kappa shape index (κ3) is 4.09. The summed E-state index contributed by atoms with van der Waals surface area (Å²) in [5, 5.41) is 14.0. The van der Waals surface area contributed by atoms with E-state index in [-0.39, 0.29) is 24.2 Å². The first-order valence-electron chi connectivity index (χ1n) is 11.2. The number of fused-ring (bicyclic) bond motifs is 3. The van der Waals surface area contributed by atoms with Crippen molar-refractivity contribution in [3.63, 3.8) is 0 Å². The monoisotopic (exact) mass is 438 g/mol. The molecular weight excluding hydrogens is 408 g/mol. The van der Waals surface area contributed by atoms with E-state index in [0.717, 1.165) is 43.0 Å². The number of amides is 1. The molecule has 3 aromatic rings. The average molecular weight is 439 g/mol. The molecular formula is C22H30N8O2. The number of carbonyl (C=O) groups excluding carboxylic acids is 1. The lowest BCUT2D eigenvalue weighted by molar-refractivity contribution is 0.00681. The lowest BCUT2D eigenvalue weighted by Crippen LogP contribution is -2.51. The number of anilines is 3. The summed E-state index contributed by atoms with van der Waals surface area (Å²) in [5.41, 5.74) is 1.29. The van der Waals surface area contributed by atoms with Crippen LogP contribution in [0.2, 0.25) is 0 Å². The molecule has 0 aromatic carbocycles. The van der Waals surface area contributed by atoms with Gasteiger partial charge in [-0.2, -0.15) is 10.1 Å². The molecule has 0 aliphatic carbocycles. The number of piperidine rings is 1. The number of H-pyrrole nitrogens is 1. The summed E-state index contributed by atoms with van der Waals surface area (Å²) < 4.78 is 7.61. The summed E-state index contributed by atoms with van der Waals surface area (Å²) in [6, 6.07) is 4.41. The minimum atomic E-state index is -0.483. The van der Waals surface area contributed by atoms with Gasteiger partial charge in [0.1, 0.15) is 17.1 Å². The molecule has 2 fully saturated rings. The van der Waals surface area contributed by atoms with Crippen LogP contribution in [0.4, 0.5) is 22.4 Å². The molecule has 2 bridgehead atoms. The predicted molar refractivity (Wildman–Crippen MR) is 121 cm³/mol. The van der Waals surface area contributed by atoms with Gasteiger partial charge in [0.2, 0.25) is 5.95 Å². The van der Waals surface area contributed by atoms with Gasteiger partial charge >= 0.3 is 6.09 Å². The van der Waals surface area contributed by atoms with Gasteiger partial charge in [0.05, 0.1) is 0 Å². The lowest BCUT2D eigenvalue weighted by atomic mass is 9.98. The molecule has 3 aromatic heterocycles. The summed E-state index contributed by atoms with van der Waals surface area (Å²) >= 11 is 0. The molecule has 2 aliphatic heterocycles. The highest BCUT2D eigenvalue weighted by Gasteiger charge is 2.45. The van der Waals surface area contributed by atoms with Gasteiger partial charge in [-0.1, -0.05) is 0 Å². The Kier molecular flexibility index (Phi) is 4.94. The summed E-state index contributed by atoms with van der Waals surface area (Å²) in [6.07, 6.45) is 7.22. The Balaban J connectivity index is 1.33. The molecule has 0 spiro atoms. The van der Waals surface area contributed by atoms with Crippen molar-refractivity contribution in [2.24, 2.45) is 0 Å². The van der Waals surface area contributed by atoms with Gasteiger partial charge in [0, 0.05) is 48.3 Å². The van der Waals surface area contributed by atoms with Crippen LogP contribution in [0.1, 0.15) is 52.1 Å². The van der Waals surface area contributed by atoms with Crippen molar-refractivity contribution in [2.75, 3.05) is 10.6 Å². The van der Waals surface area contributed by atoms with Gasteiger partial charge in [-0.25, -0.2) is 9.78 Å². The molecule has 0 radical (unpaired) electrons. The highest BCUT2D eigenvalue weighted by atomic mass is 16.6. The van der Waals surface area contributed by atoms with Crippen molar-refractivity contribution in [3.05, 3.63) is 30.2 Å². The summed E-state index contributed by atoms with van der Waals surface area (Å²) in [7, 11) is 0. The van der Waals surface area contributed by atoms with Crippen LogP contribution in [0.25, 0.3) is 5.65 Å². The van der Waals surface area contributed by atoms with Crippen molar-refractivity contribution in [3.8, 4) is 0 Å². The predicted octanol–water partition coefficient (Wildman–Crippen LogP) is 3.85. The van der Waals surface area contributed by atoms with Crippen molar-refractivity contribution in [2.45, 2.75) is 77.1 Å². The zero-order chi connectivity index (χ0) is 22.5. The Morgan fingerprint density at radius 1 is 1.19 bits per heavy atom. The largest absolute Gasteiger partial charge is 0.444 e. The molecule has 10 nitrogen and oxygen atoms in total. The van der Waals surface area contributed by atoms with E-state index < -0.39 is 5.60 Å². The van der Waals surface area contributed by atoms with Crippen LogP contribution >= 0.6 is 0 Å². The zero-order valence-electron chi connectivity index (χ0n) is 18.9. The molecule has 1 amide bonds. The molecule has 170 valence electrons. The minimum Gasteiger partial charge on any atom is -0.444 e. The Morgan fingerprint density at radius 3 is 2.59 bits per heavy atom. The van der Waals surface area contributed by atoms with Gasteiger partial charge in [-0.15, -0.1) is 0 Å². The quantitative estimate of drug-likeness (QED) is 0.567. The Morgan fingerprint density at radius 2 is 1.94 bits per heavy atom. The van der Waals surface area contributed by atoms with Gasteiger partial charge in [0.15, 0.2) is 5.82 Å². The average Bonchev–Trinajstić information content (AvgIpc) is 3.39. The summed E-state index contributed by atoms with van der Waals surface area (Å²) in [5.74, 6) is 2.11. The number of carbonyl (C=O) groups is 1. The molecule has 3 N–H and O–H groups in total. The number of ether oxygens (including phenoxy) is 1. The second-order valence-corrected chi connectivity index (χ2v) is 9.77. The number of aromatic nitrogens is 5. The maximum absolute atomic E-state index is 12.7. The van der Waals surface area contributed by atoms with E-state index in [2.05, 4.69) is 25.8 Å². The SMILES string of the molecule is Cc1cc(Nc2cc3nccn3c(N[C@@H]3C[C@H]4CC[C@@H](C3)N4C(=O)OC(C)(C)C)n2)n[nH]1. The van der Waals surface area contributed by atoms with Gasteiger partial charge in [-0.05, 0) is 53.4 Å². The van der Waals surface area contributed by atoms with Crippen molar-refractivity contribution in [1.29, 1.82) is 0 Å². The first-order valence-corrected chi connectivity index (χ1v) is 11.2. The summed E-state index contributed by atoms with van der Waals surface area (Å²) in [4.78, 5) is 23.9. The minimum absolute atomic E-state index is 0.188. The molecule has 32 heavy (non-hydrogen) atoms. The maximum Gasteiger partial charge on any atom is 0.410 e. The maximum atomic E-state index is 12.7. The Labute approximate surface area is 186 Å². The number of aryl methyl sites for hydroxylation is 1. The number of nitrogens with zero attached hydrogens (tertiary/aromatic N) is 5. The van der Waals surface area contributed by atoms with Crippen molar-refractivity contribution in [1.82, 2.24) is 29.5 Å². The Bertz CT molecular complexity index is 1120. The molecule has 3 atom stereocenters. The van der Waals surface area contributed by atoms with E-state index in [4.69, 9.17) is 9.72 Å². The molecule has 0 saturated carbocycles. The van der Waals surface area contributed by atoms with Crippen molar-refractivity contribution < 1.29 is 9.53 Å². The molecule has 5 heterocycles. The van der Waals surface area contributed by atoms with E-state index in [0.29, 0.717) is 11.6 Å². The standard InChI is InChI=1S/C22H30N8O2/c1-13-9-18(28-27-13)25-17-12-19-23-7-8-29(19)20(26-17)24-14-10-15-5-6-16(11-14)30(15)21(31)32-22(2,3)4/h7-9,12,14-16H,5-6,10-11H2,1-4H3,(H,24,26)(H2,25,27,28)/t14-,15-,16+. The third-order valence-corrected chi connectivity index (χ3v) is 6.02. The normalized spacial score (nSPS) is 22.9. The number of rotatable bonds is 4. The van der Waals surface area contributed by atoms with E-state index in [1.165, 1.54) is 0 Å². The number of nitrogens with one attached hydrogen (secondary N) is 3. The zero-order valence-corrected chi connectivity index (χ0v) is 18.9. The van der Waals surface area contributed by atoms with Crippen LogP contribution in [0.3, 0.4) is 0 Å². The number of imidazole rings is 1. The van der Waals surface area contributed by atoms with Crippen molar-refractivity contribution >= 4 is 29.3 Å². The van der Waals surface area contributed by atoms with Crippen LogP contribution in [-0.2, 0) is 4.74 Å². The van der Waals surface area contributed by atoms with E-state index in [9.17, 15) is 4.79 Å². The second-order valence-electron chi connectivity index (χ2n) is 9.77. The fourth-order valence-corrected chi connectivity index (χ4v) is 4.79. The third-order valence-electron chi connectivity index (χ3n) is 6.02. The van der Waals surface area contributed by atoms with Crippen LogP contribution < -0.4 is 10.6 Å². The topological polar surface area (TPSA) is 112 Å². The number of aromatic amines is 1. The first-order chi connectivity index (χ1) is 15.2. The van der Waals surface area contributed by atoms with Gasteiger partial charge < -0.3 is 20.3 Å². The molecule has 10 heteroatoms. The van der Waals surface area contributed by atoms with E-state index >= 15 is 0 Å². The molecule has 0 unspecified atom stereocenters. The van der Waals surface area contributed by atoms with Gasteiger partial charge in [0.25, 0.3) is 0 Å². The lowest BCUT2D eigenvalue weighted by Gasteiger charge is -2.39. The summed E-state index contributed by atoms with van der Waals surface area (Å²) in [6.45, 7) is 7.69. The fraction of sp³-hybridized carbons (Fsp3) is 0.545. The highest BCUT2D eigenvalue weighted by molar-refractivity contribution is 5.70. The van der Waals surface area contributed by atoms with E-state index in [1.807, 2.05) is 55.3 Å². The van der Waals surface area contributed by atoms with Crippen LogP contribution in [-0.4, -0.2) is 59.3 Å². The number of hydrogen-bond donors (Lipinski definition) is 3. The highest BCUT2D eigenvalue weighted by Crippen LogP contribution is 2.38. The van der Waals surface area contributed by atoms with Crippen LogP contribution in [0.5, 0.6) is 0 Å². The van der Waals surface area contributed by atoms with Crippen LogP contribution in [0, 0.1) is 6.92 Å². The molecule has 5 rings (SSSR count). The molecule has 2 saturated heterocycles. The first kappa shape index (κ1) is 20.6. The smallest absolute Gasteiger partial charge is 0.410 e. The fourth-order valence-electron chi connectivity index (χ4n) is 4.79. The van der Waals surface area contributed by atoms with Crippen LogP contribution in [0.15, 0.2) is 24.5 Å².